The molecule has 1 saturated carbocycles. The molecule has 2 aliphatic carbocycles. The van der Waals surface area contributed by atoms with E-state index in [0.717, 1.165) is 68.3 Å². The van der Waals surface area contributed by atoms with Gasteiger partial charge in [-0.15, -0.1) is 0 Å². The number of amides is 1. The Bertz CT molecular complexity index is 1200. The molecule has 6 rings (SSSR count). The van der Waals surface area contributed by atoms with Crippen LogP contribution < -0.4 is 16.0 Å². The Kier molecular flexibility index (Phi) is 4.83. The lowest BCUT2D eigenvalue weighted by Gasteiger charge is -2.24. The minimum absolute atomic E-state index is 0.0897. The molecule has 1 unspecified atom stereocenters. The fourth-order valence-electron chi connectivity index (χ4n) is 5.35. The maximum Gasteiger partial charge on any atom is 0.228 e. The first-order valence-electron chi connectivity index (χ1n) is 11.9. The first kappa shape index (κ1) is 19.7. The number of benzene rings is 1. The summed E-state index contributed by atoms with van der Waals surface area (Å²) < 4.78 is 0. The van der Waals surface area contributed by atoms with E-state index in [0.29, 0.717) is 5.82 Å². The van der Waals surface area contributed by atoms with E-state index >= 15 is 0 Å². The summed E-state index contributed by atoms with van der Waals surface area (Å²) in [6.07, 6.45) is 9.25. The van der Waals surface area contributed by atoms with Crippen molar-refractivity contribution in [2.75, 3.05) is 23.3 Å². The summed E-state index contributed by atoms with van der Waals surface area (Å²) >= 11 is 0. The Morgan fingerprint density at radius 1 is 1.06 bits per heavy atom. The number of pyridine rings is 2. The number of nitrogens with two attached hydrogens (primary N) is 1. The van der Waals surface area contributed by atoms with Gasteiger partial charge in [0.1, 0.15) is 5.82 Å². The molecule has 2 fully saturated rings. The lowest BCUT2D eigenvalue weighted by molar-refractivity contribution is -0.122. The molecular weight excluding hydrogens is 398 g/mol. The molecule has 164 valence electrons. The van der Waals surface area contributed by atoms with Gasteiger partial charge in [0.2, 0.25) is 5.91 Å². The fraction of sp³-hybridized carbons (Fsp3) is 0.423. The molecule has 3 aromatic rings. The Hall–Kier alpha value is -2.99. The van der Waals surface area contributed by atoms with Crippen LogP contribution in [-0.2, 0) is 17.6 Å². The average Bonchev–Trinajstić information content (AvgIpc) is 3.39. The van der Waals surface area contributed by atoms with Gasteiger partial charge in [-0.1, -0.05) is 12.5 Å². The summed E-state index contributed by atoms with van der Waals surface area (Å²) in [6.45, 7) is 1.91. The number of carbonyl (C=O) groups is 1. The van der Waals surface area contributed by atoms with Gasteiger partial charge in [-0.25, -0.2) is 4.98 Å². The Morgan fingerprint density at radius 2 is 1.94 bits per heavy atom. The fourth-order valence-corrected chi connectivity index (χ4v) is 5.35. The Morgan fingerprint density at radius 3 is 2.72 bits per heavy atom. The van der Waals surface area contributed by atoms with Crippen LogP contribution in [0, 0.1) is 5.92 Å². The highest BCUT2D eigenvalue weighted by Gasteiger charge is 2.28. The lowest BCUT2D eigenvalue weighted by atomic mass is 9.85. The summed E-state index contributed by atoms with van der Waals surface area (Å²) in [7, 11) is 0. The molecule has 3 N–H and O–H groups in total. The minimum Gasteiger partial charge on any atom is -0.369 e. The number of nitrogens with one attached hydrogen (secondary N) is 1. The van der Waals surface area contributed by atoms with Gasteiger partial charge in [0.15, 0.2) is 0 Å². The lowest BCUT2D eigenvalue weighted by Crippen LogP contribution is -2.28. The molecule has 1 aromatic carbocycles. The van der Waals surface area contributed by atoms with Crippen molar-refractivity contribution < 1.29 is 4.79 Å². The molecule has 2 aromatic heterocycles. The highest BCUT2D eigenvalue weighted by atomic mass is 16.2. The predicted molar refractivity (Wildman–Crippen MR) is 128 cm³/mol. The standard InChI is InChI=1S/C26H29N5O/c27-19-10-12-31(15-19)25-20-5-2-6-22(20)29-23-8-7-17(13-21(23)25)18-9-11-28-24(14-18)30-26(32)16-3-1-4-16/h7-9,11,13-14,16,19H,1-6,10,12,15,27H2,(H,28,30,32). The summed E-state index contributed by atoms with van der Waals surface area (Å²) in [5, 5.41) is 4.20. The second-order valence-corrected chi connectivity index (χ2v) is 9.51. The van der Waals surface area contributed by atoms with Gasteiger partial charge in [0.25, 0.3) is 0 Å². The maximum atomic E-state index is 12.4. The van der Waals surface area contributed by atoms with Gasteiger partial charge < -0.3 is 16.0 Å². The van der Waals surface area contributed by atoms with Crippen LogP contribution in [0.5, 0.6) is 0 Å². The molecule has 0 spiro atoms. The van der Waals surface area contributed by atoms with Crippen molar-refractivity contribution in [3.05, 3.63) is 47.8 Å². The normalized spacial score (nSPS) is 20.4. The van der Waals surface area contributed by atoms with Crippen molar-refractivity contribution in [2.45, 2.75) is 51.0 Å². The third-order valence-electron chi connectivity index (χ3n) is 7.34. The molecule has 1 saturated heterocycles. The first-order chi connectivity index (χ1) is 15.7. The van der Waals surface area contributed by atoms with E-state index in [1.165, 1.54) is 28.8 Å². The van der Waals surface area contributed by atoms with E-state index in [1.54, 1.807) is 6.20 Å². The van der Waals surface area contributed by atoms with E-state index in [9.17, 15) is 4.79 Å². The summed E-state index contributed by atoms with van der Waals surface area (Å²) in [5.74, 6) is 0.854. The number of aryl methyl sites for hydroxylation is 1. The number of rotatable bonds is 4. The van der Waals surface area contributed by atoms with Crippen molar-refractivity contribution in [1.82, 2.24) is 9.97 Å². The van der Waals surface area contributed by atoms with Crippen LogP contribution in [0.1, 0.15) is 43.4 Å². The summed E-state index contributed by atoms with van der Waals surface area (Å²) in [4.78, 5) is 24.2. The monoisotopic (exact) mass is 427 g/mol. The topological polar surface area (TPSA) is 84.1 Å². The number of hydrogen-bond donors (Lipinski definition) is 2. The maximum absolute atomic E-state index is 12.4. The van der Waals surface area contributed by atoms with E-state index < -0.39 is 0 Å². The number of fused-ring (bicyclic) bond motifs is 2. The average molecular weight is 428 g/mol. The molecule has 6 heteroatoms. The number of nitrogens with zero attached hydrogens (tertiary/aromatic N) is 3. The largest absolute Gasteiger partial charge is 0.369 e. The molecule has 0 bridgehead atoms. The van der Waals surface area contributed by atoms with E-state index in [1.807, 2.05) is 12.1 Å². The van der Waals surface area contributed by atoms with Crippen LogP contribution in [0.25, 0.3) is 22.0 Å². The Balaban J connectivity index is 1.40. The number of aromatic nitrogens is 2. The zero-order valence-electron chi connectivity index (χ0n) is 18.3. The number of carbonyl (C=O) groups excluding carboxylic acids is 1. The van der Waals surface area contributed by atoms with Crippen LogP contribution in [0.2, 0.25) is 0 Å². The van der Waals surface area contributed by atoms with Gasteiger partial charge in [0, 0.05) is 42.3 Å². The summed E-state index contributed by atoms with van der Waals surface area (Å²) in [5.41, 5.74) is 13.5. The van der Waals surface area contributed by atoms with Crippen molar-refractivity contribution in [1.29, 1.82) is 0 Å². The van der Waals surface area contributed by atoms with Crippen molar-refractivity contribution >= 4 is 28.3 Å². The van der Waals surface area contributed by atoms with E-state index in [4.69, 9.17) is 10.7 Å². The molecule has 3 aliphatic rings. The van der Waals surface area contributed by atoms with Crippen LogP contribution in [0.4, 0.5) is 11.5 Å². The van der Waals surface area contributed by atoms with Gasteiger partial charge in [-0.05, 0) is 79.5 Å². The molecule has 1 amide bonds. The van der Waals surface area contributed by atoms with Crippen LogP contribution in [-0.4, -0.2) is 35.0 Å². The molecule has 1 atom stereocenters. The molecule has 1 aliphatic heterocycles. The number of anilines is 2. The number of hydrogen-bond acceptors (Lipinski definition) is 5. The second-order valence-electron chi connectivity index (χ2n) is 9.51. The SMILES string of the molecule is NC1CCN(c2c3c(nc4ccc(-c5ccnc(NC(=O)C6CCC6)c5)cc24)CCC3)C1. The highest BCUT2D eigenvalue weighted by Crippen LogP contribution is 2.39. The minimum atomic E-state index is 0.0897. The van der Waals surface area contributed by atoms with Crippen LogP contribution >= 0.6 is 0 Å². The smallest absolute Gasteiger partial charge is 0.228 e. The van der Waals surface area contributed by atoms with Crippen molar-refractivity contribution in [2.24, 2.45) is 11.7 Å². The van der Waals surface area contributed by atoms with Crippen molar-refractivity contribution in [3.8, 4) is 11.1 Å². The highest BCUT2D eigenvalue weighted by molar-refractivity contribution is 5.98. The quantitative estimate of drug-likeness (QED) is 0.656. The van der Waals surface area contributed by atoms with E-state index in [2.05, 4.69) is 33.4 Å². The zero-order chi connectivity index (χ0) is 21.7. The summed E-state index contributed by atoms with van der Waals surface area (Å²) in [6, 6.07) is 10.7. The van der Waals surface area contributed by atoms with E-state index in [-0.39, 0.29) is 17.9 Å². The van der Waals surface area contributed by atoms with Crippen LogP contribution in [0.15, 0.2) is 36.5 Å². The second kappa shape index (κ2) is 7.85. The molecule has 3 heterocycles. The molecule has 32 heavy (non-hydrogen) atoms. The van der Waals surface area contributed by atoms with Gasteiger partial charge >= 0.3 is 0 Å². The third kappa shape index (κ3) is 3.43. The molecular formula is C26H29N5O. The zero-order valence-corrected chi connectivity index (χ0v) is 18.3. The van der Waals surface area contributed by atoms with Gasteiger partial charge in [0.05, 0.1) is 11.2 Å². The predicted octanol–water partition coefficient (Wildman–Crippen LogP) is 4.06. The Labute approximate surface area is 188 Å². The van der Waals surface area contributed by atoms with Crippen molar-refractivity contribution in [3.63, 3.8) is 0 Å². The van der Waals surface area contributed by atoms with Gasteiger partial charge in [-0.3, -0.25) is 9.78 Å². The molecule has 6 nitrogen and oxygen atoms in total. The third-order valence-corrected chi connectivity index (χ3v) is 7.34. The van der Waals surface area contributed by atoms with Gasteiger partial charge in [-0.2, -0.15) is 0 Å². The molecule has 0 radical (unpaired) electrons. The first-order valence-corrected chi connectivity index (χ1v) is 11.9. The van der Waals surface area contributed by atoms with Crippen LogP contribution in [0.3, 0.4) is 0 Å².